The van der Waals surface area contributed by atoms with E-state index in [9.17, 15) is 14.0 Å². The summed E-state index contributed by atoms with van der Waals surface area (Å²) in [4.78, 5) is 26.4. The molecule has 1 heterocycles. The summed E-state index contributed by atoms with van der Waals surface area (Å²) >= 11 is 0. The molecule has 6 heteroatoms. The summed E-state index contributed by atoms with van der Waals surface area (Å²) in [5, 5.41) is 2.62. The van der Waals surface area contributed by atoms with Crippen molar-refractivity contribution in [1.82, 2.24) is 4.90 Å². The van der Waals surface area contributed by atoms with E-state index in [-0.39, 0.29) is 11.5 Å². The van der Waals surface area contributed by atoms with Crippen LogP contribution in [0.25, 0.3) is 0 Å². The van der Waals surface area contributed by atoms with Gasteiger partial charge in [0, 0.05) is 12.2 Å². The first kappa shape index (κ1) is 16.0. The molecule has 0 saturated carbocycles. The van der Waals surface area contributed by atoms with E-state index in [2.05, 4.69) is 5.32 Å². The molecule has 0 atom stereocenters. The van der Waals surface area contributed by atoms with Crippen molar-refractivity contribution in [2.75, 3.05) is 25.0 Å². The van der Waals surface area contributed by atoms with Gasteiger partial charge in [0.25, 0.3) is 11.8 Å². The largest absolute Gasteiger partial charge is 0.491 e. The molecule has 3 rings (SSSR count). The third-order valence-corrected chi connectivity index (χ3v) is 3.87. The van der Waals surface area contributed by atoms with E-state index in [1.165, 1.54) is 18.2 Å². The van der Waals surface area contributed by atoms with Gasteiger partial charge < -0.3 is 15.0 Å². The molecule has 0 fully saturated rings. The van der Waals surface area contributed by atoms with Crippen LogP contribution in [0.1, 0.15) is 27.6 Å². The molecule has 0 bridgehead atoms. The van der Waals surface area contributed by atoms with Crippen LogP contribution in [0.15, 0.2) is 42.5 Å². The Balaban J connectivity index is 1.87. The zero-order valence-corrected chi connectivity index (χ0v) is 13.2. The predicted molar refractivity (Wildman–Crippen MR) is 87.9 cm³/mol. The van der Waals surface area contributed by atoms with Gasteiger partial charge in [-0.25, -0.2) is 4.39 Å². The Morgan fingerprint density at radius 1 is 1.29 bits per heavy atom. The second kappa shape index (κ2) is 6.70. The van der Waals surface area contributed by atoms with Crippen LogP contribution in [0.2, 0.25) is 0 Å². The van der Waals surface area contributed by atoms with Crippen LogP contribution in [0.3, 0.4) is 0 Å². The van der Waals surface area contributed by atoms with Crippen molar-refractivity contribution in [3.63, 3.8) is 0 Å². The third kappa shape index (κ3) is 3.08. The van der Waals surface area contributed by atoms with Crippen molar-refractivity contribution >= 4 is 17.5 Å². The highest BCUT2D eigenvalue weighted by Gasteiger charge is 2.23. The molecule has 1 aliphatic heterocycles. The van der Waals surface area contributed by atoms with Gasteiger partial charge in [-0.3, -0.25) is 9.59 Å². The van der Waals surface area contributed by atoms with Crippen molar-refractivity contribution in [2.45, 2.75) is 6.92 Å². The van der Waals surface area contributed by atoms with Gasteiger partial charge in [0.15, 0.2) is 0 Å². The number of carbonyl (C=O) groups is 2. The standard InChI is InChI=1S/C18H17FN2O3/c1-2-21-9-10-24-16-8-7-12(11-14(16)18(21)23)20-17(22)13-5-3-4-6-15(13)19/h3-8,11H,2,9-10H2,1H3,(H,20,22). The van der Waals surface area contributed by atoms with Gasteiger partial charge in [-0.2, -0.15) is 0 Å². The van der Waals surface area contributed by atoms with Crippen molar-refractivity contribution in [1.29, 1.82) is 0 Å². The zero-order chi connectivity index (χ0) is 17.1. The molecule has 0 spiro atoms. The minimum atomic E-state index is -0.596. The van der Waals surface area contributed by atoms with E-state index in [1.54, 1.807) is 29.2 Å². The molecule has 2 aromatic carbocycles. The van der Waals surface area contributed by atoms with Crippen LogP contribution in [-0.4, -0.2) is 36.4 Å². The lowest BCUT2D eigenvalue weighted by Gasteiger charge is -2.17. The molecule has 0 radical (unpaired) electrons. The summed E-state index contributed by atoms with van der Waals surface area (Å²) in [6.45, 7) is 3.41. The van der Waals surface area contributed by atoms with Crippen LogP contribution in [0, 0.1) is 5.82 Å². The van der Waals surface area contributed by atoms with Gasteiger partial charge in [0.1, 0.15) is 18.2 Å². The van der Waals surface area contributed by atoms with Crippen LogP contribution in [0.5, 0.6) is 5.75 Å². The zero-order valence-electron chi connectivity index (χ0n) is 13.2. The monoisotopic (exact) mass is 328 g/mol. The summed E-state index contributed by atoms with van der Waals surface area (Å²) in [6, 6.07) is 10.6. The summed E-state index contributed by atoms with van der Waals surface area (Å²) in [7, 11) is 0. The average molecular weight is 328 g/mol. The highest BCUT2D eigenvalue weighted by molar-refractivity contribution is 6.05. The first-order valence-corrected chi connectivity index (χ1v) is 7.72. The lowest BCUT2D eigenvalue weighted by molar-refractivity contribution is 0.0764. The highest BCUT2D eigenvalue weighted by Crippen LogP contribution is 2.26. The number of halogens is 1. The van der Waals surface area contributed by atoms with Gasteiger partial charge in [0.2, 0.25) is 0 Å². The van der Waals surface area contributed by atoms with E-state index < -0.39 is 11.7 Å². The number of hydrogen-bond donors (Lipinski definition) is 1. The van der Waals surface area contributed by atoms with Crippen LogP contribution >= 0.6 is 0 Å². The topological polar surface area (TPSA) is 58.6 Å². The molecule has 0 aliphatic carbocycles. The van der Waals surface area contributed by atoms with Crippen molar-refractivity contribution < 1.29 is 18.7 Å². The smallest absolute Gasteiger partial charge is 0.258 e. The normalized spacial score (nSPS) is 13.8. The Morgan fingerprint density at radius 2 is 2.08 bits per heavy atom. The van der Waals surface area contributed by atoms with E-state index in [4.69, 9.17) is 4.74 Å². The number of fused-ring (bicyclic) bond motifs is 1. The molecule has 1 N–H and O–H groups in total. The quantitative estimate of drug-likeness (QED) is 0.942. The van der Waals surface area contributed by atoms with Gasteiger partial charge in [-0.1, -0.05) is 12.1 Å². The first-order valence-electron chi connectivity index (χ1n) is 7.72. The fourth-order valence-corrected chi connectivity index (χ4v) is 2.58. The fraction of sp³-hybridized carbons (Fsp3) is 0.222. The maximum absolute atomic E-state index is 13.7. The van der Waals surface area contributed by atoms with Gasteiger partial charge in [-0.05, 0) is 37.3 Å². The van der Waals surface area contributed by atoms with Gasteiger partial charge >= 0.3 is 0 Å². The van der Waals surface area contributed by atoms with Crippen LogP contribution in [-0.2, 0) is 0 Å². The molecular weight excluding hydrogens is 311 g/mol. The summed E-state index contributed by atoms with van der Waals surface area (Å²) in [6.07, 6.45) is 0. The number of carbonyl (C=O) groups excluding carboxylic acids is 2. The number of hydrogen-bond acceptors (Lipinski definition) is 3. The third-order valence-electron chi connectivity index (χ3n) is 3.87. The van der Waals surface area contributed by atoms with E-state index in [0.717, 1.165) is 0 Å². The maximum Gasteiger partial charge on any atom is 0.258 e. The molecule has 1 aliphatic rings. The van der Waals surface area contributed by atoms with E-state index in [1.807, 2.05) is 6.92 Å². The van der Waals surface area contributed by atoms with Gasteiger partial charge in [0.05, 0.1) is 17.7 Å². The van der Waals surface area contributed by atoms with E-state index in [0.29, 0.717) is 36.7 Å². The number of amides is 2. The lowest BCUT2D eigenvalue weighted by Crippen LogP contribution is -2.32. The SMILES string of the molecule is CCN1CCOc2ccc(NC(=O)c3ccccc3F)cc2C1=O. The van der Waals surface area contributed by atoms with Crippen molar-refractivity contribution in [2.24, 2.45) is 0 Å². The molecule has 2 aromatic rings. The minimum Gasteiger partial charge on any atom is -0.491 e. The summed E-state index contributed by atoms with van der Waals surface area (Å²) in [5.74, 6) is -0.824. The molecule has 124 valence electrons. The van der Waals surface area contributed by atoms with Crippen molar-refractivity contribution in [3.05, 3.63) is 59.4 Å². The second-order valence-electron chi connectivity index (χ2n) is 5.38. The predicted octanol–water partition coefficient (Wildman–Crippen LogP) is 2.93. The van der Waals surface area contributed by atoms with E-state index >= 15 is 0 Å². The summed E-state index contributed by atoms with van der Waals surface area (Å²) < 4.78 is 19.3. The Bertz CT molecular complexity index is 792. The molecule has 2 amide bonds. The second-order valence-corrected chi connectivity index (χ2v) is 5.38. The Hall–Kier alpha value is -2.89. The lowest BCUT2D eigenvalue weighted by atomic mass is 10.1. The Morgan fingerprint density at radius 3 is 2.83 bits per heavy atom. The molecular formula is C18H17FN2O3. The molecule has 0 unspecified atom stereocenters. The number of ether oxygens (including phenoxy) is 1. The van der Waals surface area contributed by atoms with Gasteiger partial charge in [-0.15, -0.1) is 0 Å². The molecule has 0 aromatic heterocycles. The molecule has 0 saturated heterocycles. The van der Waals surface area contributed by atoms with Crippen molar-refractivity contribution in [3.8, 4) is 5.75 Å². The molecule has 5 nitrogen and oxygen atoms in total. The van der Waals surface area contributed by atoms with Crippen LogP contribution in [0.4, 0.5) is 10.1 Å². The fourth-order valence-electron chi connectivity index (χ4n) is 2.58. The molecule has 24 heavy (non-hydrogen) atoms. The van der Waals surface area contributed by atoms with Crippen LogP contribution < -0.4 is 10.1 Å². The Labute approximate surface area is 139 Å². The number of benzene rings is 2. The average Bonchev–Trinajstić information content (AvgIpc) is 2.74. The summed E-state index contributed by atoms with van der Waals surface area (Å²) in [5.41, 5.74) is 0.753. The minimum absolute atomic E-state index is 0.0507. The number of rotatable bonds is 3. The number of anilines is 1. The maximum atomic E-state index is 13.7. The number of nitrogens with zero attached hydrogens (tertiary/aromatic N) is 1. The number of nitrogens with one attached hydrogen (secondary N) is 1. The number of likely N-dealkylation sites (N-methyl/N-ethyl adjacent to an activating group) is 1. The Kier molecular flexibility index (Phi) is 4.46. The highest BCUT2D eigenvalue weighted by atomic mass is 19.1. The first-order chi connectivity index (χ1) is 11.6.